The van der Waals surface area contributed by atoms with Gasteiger partial charge in [0.05, 0.1) is 0 Å². The van der Waals surface area contributed by atoms with E-state index in [0.29, 0.717) is 19.3 Å². The van der Waals surface area contributed by atoms with E-state index in [0.717, 1.165) is 0 Å². The molecule has 0 aromatic carbocycles. The summed E-state index contributed by atoms with van der Waals surface area (Å²) in [7, 11) is 0. The zero-order valence-electron chi connectivity index (χ0n) is 7.65. The summed E-state index contributed by atoms with van der Waals surface area (Å²) in [5.74, 6) is 0. The van der Waals surface area contributed by atoms with Crippen LogP contribution in [0.4, 0.5) is 0 Å². The molecule has 4 heteroatoms. The fourth-order valence-electron chi connectivity index (χ4n) is 2.32. The number of hydrogen-bond acceptors (Lipinski definition) is 0. The first-order valence-corrected chi connectivity index (χ1v) is 8.57. The van der Waals surface area contributed by atoms with Crippen LogP contribution in [0.3, 0.4) is 0 Å². The standard InChI is InChI=1S/C10H12Br4/c11-5-1-2-6(12)10-8(14)4-3-7(13)9(5)10/h5-8H,1-4H2/t5-,6-,7-,8-/m0/s1. The van der Waals surface area contributed by atoms with Crippen molar-refractivity contribution in [2.45, 2.75) is 45.0 Å². The Morgan fingerprint density at radius 1 is 0.571 bits per heavy atom. The van der Waals surface area contributed by atoms with E-state index >= 15 is 0 Å². The Morgan fingerprint density at radius 2 is 0.786 bits per heavy atom. The lowest BCUT2D eigenvalue weighted by Crippen LogP contribution is -2.33. The normalized spacial score (nSPS) is 43.7. The Morgan fingerprint density at radius 3 is 1.00 bits per heavy atom. The van der Waals surface area contributed by atoms with Crippen molar-refractivity contribution in [2.75, 3.05) is 0 Å². The van der Waals surface area contributed by atoms with E-state index in [9.17, 15) is 0 Å². The maximum absolute atomic E-state index is 3.80. The summed E-state index contributed by atoms with van der Waals surface area (Å²) in [5.41, 5.74) is 3.18. The lowest BCUT2D eigenvalue weighted by atomic mass is 9.82. The predicted molar refractivity (Wildman–Crippen MR) is 76.4 cm³/mol. The fourth-order valence-corrected chi connectivity index (χ4v) is 6.42. The molecular formula is C10H12Br4. The highest BCUT2D eigenvalue weighted by Gasteiger charge is 2.36. The molecule has 80 valence electrons. The SMILES string of the molecule is Br[C@H]1CC[C@H](Br)C2=C1[C@@H](Br)CC[C@@H]2Br. The smallest absolute Gasteiger partial charge is 0.0369 e. The third-order valence-electron chi connectivity index (χ3n) is 3.03. The van der Waals surface area contributed by atoms with Crippen molar-refractivity contribution in [1.82, 2.24) is 0 Å². The van der Waals surface area contributed by atoms with E-state index in [1.807, 2.05) is 0 Å². The van der Waals surface area contributed by atoms with Gasteiger partial charge in [-0.05, 0) is 36.8 Å². The molecule has 2 aliphatic carbocycles. The third kappa shape index (κ3) is 2.18. The van der Waals surface area contributed by atoms with Crippen LogP contribution >= 0.6 is 63.7 Å². The van der Waals surface area contributed by atoms with Gasteiger partial charge in [-0.25, -0.2) is 0 Å². The molecule has 4 atom stereocenters. The Labute approximate surface area is 119 Å². The predicted octanol–water partition coefficient (Wildman–Crippen LogP) is 4.92. The van der Waals surface area contributed by atoms with Gasteiger partial charge in [-0.15, -0.1) is 0 Å². The first-order chi connectivity index (χ1) is 6.61. The highest BCUT2D eigenvalue weighted by molar-refractivity contribution is 9.10. The van der Waals surface area contributed by atoms with Crippen LogP contribution in [0.25, 0.3) is 0 Å². The molecule has 2 rings (SSSR count). The highest BCUT2D eigenvalue weighted by Crippen LogP contribution is 2.46. The zero-order chi connectivity index (χ0) is 10.3. The summed E-state index contributed by atoms with van der Waals surface area (Å²) in [5, 5.41) is 0. The molecule has 0 heterocycles. The molecular weight excluding hydrogens is 440 g/mol. The molecule has 0 aliphatic heterocycles. The van der Waals surface area contributed by atoms with Crippen LogP contribution in [0, 0.1) is 0 Å². The second-order valence-electron chi connectivity index (χ2n) is 3.94. The first-order valence-electron chi connectivity index (χ1n) is 4.91. The topological polar surface area (TPSA) is 0 Å². The van der Waals surface area contributed by atoms with E-state index in [1.165, 1.54) is 25.7 Å². The monoisotopic (exact) mass is 448 g/mol. The summed E-state index contributed by atoms with van der Waals surface area (Å²) in [6.07, 6.45) is 4.99. The summed E-state index contributed by atoms with van der Waals surface area (Å²) in [6.45, 7) is 0. The van der Waals surface area contributed by atoms with Gasteiger partial charge in [0.2, 0.25) is 0 Å². The molecule has 0 unspecified atom stereocenters. The summed E-state index contributed by atoms with van der Waals surface area (Å²) in [6, 6.07) is 0. The first kappa shape index (κ1) is 12.1. The van der Waals surface area contributed by atoms with Crippen molar-refractivity contribution in [3.63, 3.8) is 0 Å². The van der Waals surface area contributed by atoms with Crippen molar-refractivity contribution in [1.29, 1.82) is 0 Å². The van der Waals surface area contributed by atoms with Gasteiger partial charge in [-0.1, -0.05) is 63.7 Å². The maximum atomic E-state index is 3.80. The molecule has 0 fully saturated rings. The largest absolute Gasteiger partial charge is 0.0842 e. The maximum Gasteiger partial charge on any atom is 0.0369 e. The summed E-state index contributed by atoms with van der Waals surface area (Å²) < 4.78 is 0. The Balaban J connectivity index is 2.40. The van der Waals surface area contributed by atoms with E-state index in [4.69, 9.17) is 0 Å². The van der Waals surface area contributed by atoms with Crippen molar-refractivity contribution in [3.05, 3.63) is 11.1 Å². The number of allylic oxidation sites excluding steroid dienone is 2. The Hall–Kier alpha value is 1.66. The van der Waals surface area contributed by atoms with Gasteiger partial charge in [0, 0.05) is 19.3 Å². The molecule has 0 aromatic heterocycles. The Kier molecular flexibility index (Phi) is 4.23. The summed E-state index contributed by atoms with van der Waals surface area (Å²) >= 11 is 15.2. The number of hydrogen-bond donors (Lipinski definition) is 0. The molecule has 2 aliphatic rings. The van der Waals surface area contributed by atoms with Crippen molar-refractivity contribution in [2.24, 2.45) is 0 Å². The van der Waals surface area contributed by atoms with E-state index in [2.05, 4.69) is 63.7 Å². The number of alkyl halides is 4. The van der Waals surface area contributed by atoms with Gasteiger partial charge in [0.25, 0.3) is 0 Å². The lowest BCUT2D eigenvalue weighted by molar-refractivity contribution is 0.600. The molecule has 0 bridgehead atoms. The van der Waals surface area contributed by atoms with E-state index < -0.39 is 0 Å². The molecule has 0 nitrogen and oxygen atoms in total. The molecule has 0 aromatic rings. The third-order valence-corrected chi connectivity index (χ3v) is 6.83. The number of rotatable bonds is 0. The van der Waals surface area contributed by atoms with Crippen LogP contribution < -0.4 is 0 Å². The quantitative estimate of drug-likeness (QED) is 0.362. The average Bonchev–Trinajstić information content (AvgIpc) is 2.16. The molecule has 0 saturated heterocycles. The van der Waals surface area contributed by atoms with Crippen LogP contribution in [0.5, 0.6) is 0 Å². The van der Waals surface area contributed by atoms with Crippen LogP contribution in [0.1, 0.15) is 25.7 Å². The lowest BCUT2D eigenvalue weighted by Gasteiger charge is -2.37. The minimum Gasteiger partial charge on any atom is -0.0842 e. The van der Waals surface area contributed by atoms with Gasteiger partial charge in [0.15, 0.2) is 0 Å². The van der Waals surface area contributed by atoms with E-state index in [-0.39, 0.29) is 0 Å². The molecule has 0 N–H and O–H groups in total. The minimum absolute atomic E-state index is 0.580. The second kappa shape index (κ2) is 4.89. The van der Waals surface area contributed by atoms with Gasteiger partial charge < -0.3 is 0 Å². The molecule has 0 amide bonds. The number of halogens is 4. The molecule has 14 heavy (non-hydrogen) atoms. The highest BCUT2D eigenvalue weighted by atomic mass is 79.9. The van der Waals surface area contributed by atoms with Crippen LogP contribution in [-0.2, 0) is 0 Å². The minimum atomic E-state index is 0.580. The second-order valence-corrected chi connectivity index (χ2v) is 8.36. The summed E-state index contributed by atoms with van der Waals surface area (Å²) in [4.78, 5) is 2.32. The van der Waals surface area contributed by atoms with Crippen LogP contribution in [0.2, 0.25) is 0 Å². The molecule has 0 spiro atoms. The van der Waals surface area contributed by atoms with Crippen molar-refractivity contribution < 1.29 is 0 Å². The van der Waals surface area contributed by atoms with Gasteiger partial charge in [0.1, 0.15) is 0 Å². The fraction of sp³-hybridized carbons (Fsp3) is 0.800. The van der Waals surface area contributed by atoms with Gasteiger partial charge in [-0.2, -0.15) is 0 Å². The Bertz CT molecular complexity index is 211. The van der Waals surface area contributed by atoms with Crippen LogP contribution in [-0.4, -0.2) is 19.3 Å². The molecule has 0 radical (unpaired) electrons. The van der Waals surface area contributed by atoms with Crippen LogP contribution in [0.15, 0.2) is 11.1 Å². The average molecular weight is 452 g/mol. The van der Waals surface area contributed by atoms with Gasteiger partial charge in [-0.3, -0.25) is 0 Å². The van der Waals surface area contributed by atoms with Crippen molar-refractivity contribution >= 4 is 63.7 Å². The van der Waals surface area contributed by atoms with E-state index in [1.54, 1.807) is 11.1 Å². The molecule has 0 saturated carbocycles. The van der Waals surface area contributed by atoms with Crippen molar-refractivity contribution in [3.8, 4) is 0 Å². The van der Waals surface area contributed by atoms with Gasteiger partial charge >= 0.3 is 0 Å². The zero-order valence-corrected chi connectivity index (χ0v) is 14.0.